The van der Waals surface area contributed by atoms with Gasteiger partial charge in [-0.25, -0.2) is 8.42 Å². The summed E-state index contributed by atoms with van der Waals surface area (Å²) < 4.78 is 32.7. The van der Waals surface area contributed by atoms with Gasteiger partial charge in [0, 0.05) is 31.0 Å². The van der Waals surface area contributed by atoms with Gasteiger partial charge in [-0.15, -0.1) is 0 Å². The fourth-order valence-corrected chi connectivity index (χ4v) is 6.06. The zero-order valence-electron chi connectivity index (χ0n) is 11.8. The molecule has 5 nitrogen and oxygen atoms in total. The molecule has 2 aliphatic rings. The Labute approximate surface area is 138 Å². The Balaban J connectivity index is 1.76. The normalized spacial score (nSPS) is 23.1. The Morgan fingerprint density at radius 3 is 2.86 bits per heavy atom. The number of hydrogen-bond acceptors (Lipinski definition) is 5. The first-order valence-corrected chi connectivity index (χ1v) is 10.4. The van der Waals surface area contributed by atoms with E-state index >= 15 is 0 Å². The van der Waals surface area contributed by atoms with Gasteiger partial charge in [0.2, 0.25) is 10.0 Å². The molecule has 0 spiro atoms. The lowest BCUT2D eigenvalue weighted by Gasteiger charge is -2.22. The average Bonchev–Trinajstić information content (AvgIpc) is 2.97. The molecule has 1 saturated carbocycles. The number of sulfonamides is 1. The first-order valence-electron chi connectivity index (χ1n) is 7.06. The van der Waals surface area contributed by atoms with Crippen molar-refractivity contribution in [3.8, 4) is 0 Å². The van der Waals surface area contributed by atoms with E-state index in [1.807, 2.05) is 0 Å². The highest BCUT2D eigenvalue weighted by Crippen LogP contribution is 2.32. The van der Waals surface area contributed by atoms with Crippen LogP contribution < -0.4 is 5.32 Å². The topological polar surface area (TPSA) is 62.6 Å². The summed E-state index contributed by atoms with van der Waals surface area (Å²) in [6, 6.07) is 2.27. The van der Waals surface area contributed by atoms with Crippen molar-refractivity contribution in [3.05, 3.63) is 16.5 Å². The zero-order valence-corrected chi connectivity index (χ0v) is 15.1. The molecule has 2 fully saturated rings. The van der Waals surface area contributed by atoms with Gasteiger partial charge >= 0.3 is 0 Å². The van der Waals surface area contributed by atoms with Gasteiger partial charge in [-0.05, 0) is 40.9 Å². The Morgan fingerprint density at radius 2 is 2.24 bits per heavy atom. The van der Waals surface area contributed by atoms with Crippen LogP contribution in [0.2, 0.25) is 0 Å². The SMILES string of the molecule is CN(C1CCSC1)S(=O)(=O)c1cc(CNC2CC2)oc1Br. The van der Waals surface area contributed by atoms with Gasteiger partial charge in [-0.1, -0.05) is 0 Å². The van der Waals surface area contributed by atoms with E-state index in [0.29, 0.717) is 23.0 Å². The molecular formula is C13H19BrN2O3S2. The molecular weight excluding hydrogens is 376 g/mol. The molecule has 1 aromatic rings. The fourth-order valence-electron chi connectivity index (χ4n) is 2.35. The number of furan rings is 1. The monoisotopic (exact) mass is 394 g/mol. The molecule has 2 heterocycles. The van der Waals surface area contributed by atoms with Gasteiger partial charge < -0.3 is 9.73 Å². The minimum Gasteiger partial charge on any atom is -0.452 e. The summed E-state index contributed by atoms with van der Waals surface area (Å²) in [6.07, 6.45) is 3.29. The Kier molecular flexibility index (Phi) is 4.71. The Hall–Kier alpha value is -0.0200. The van der Waals surface area contributed by atoms with Crippen molar-refractivity contribution in [1.82, 2.24) is 9.62 Å². The first-order chi connectivity index (χ1) is 9.98. The van der Waals surface area contributed by atoms with E-state index in [-0.39, 0.29) is 10.9 Å². The molecule has 1 aromatic heterocycles. The van der Waals surface area contributed by atoms with Crippen LogP contribution >= 0.6 is 27.7 Å². The van der Waals surface area contributed by atoms with E-state index in [9.17, 15) is 8.42 Å². The maximum atomic E-state index is 12.7. The summed E-state index contributed by atoms with van der Waals surface area (Å²) in [5.74, 6) is 2.54. The predicted molar refractivity (Wildman–Crippen MR) is 86.9 cm³/mol. The number of nitrogens with zero attached hydrogens (tertiary/aromatic N) is 1. The molecule has 21 heavy (non-hydrogen) atoms. The summed E-state index contributed by atoms with van der Waals surface area (Å²) in [7, 11) is -1.84. The van der Waals surface area contributed by atoms with Crippen molar-refractivity contribution >= 4 is 37.7 Å². The van der Waals surface area contributed by atoms with E-state index in [1.165, 1.54) is 17.1 Å². The molecule has 1 aliphatic carbocycles. The van der Waals surface area contributed by atoms with Crippen LogP contribution in [0, 0.1) is 0 Å². The molecule has 1 aliphatic heterocycles. The zero-order chi connectivity index (χ0) is 15.0. The molecule has 1 N–H and O–H groups in total. The van der Waals surface area contributed by atoms with Crippen molar-refractivity contribution in [2.24, 2.45) is 0 Å². The second-order valence-corrected chi connectivity index (χ2v) is 9.38. The highest BCUT2D eigenvalue weighted by atomic mass is 79.9. The van der Waals surface area contributed by atoms with Crippen molar-refractivity contribution in [2.45, 2.75) is 42.8 Å². The van der Waals surface area contributed by atoms with Crippen molar-refractivity contribution in [3.63, 3.8) is 0 Å². The average molecular weight is 395 g/mol. The Morgan fingerprint density at radius 1 is 1.48 bits per heavy atom. The van der Waals surface area contributed by atoms with Crippen molar-refractivity contribution < 1.29 is 12.8 Å². The number of hydrogen-bond donors (Lipinski definition) is 1. The first kappa shape index (κ1) is 15.9. The van der Waals surface area contributed by atoms with E-state index in [0.717, 1.165) is 17.9 Å². The highest BCUT2D eigenvalue weighted by molar-refractivity contribution is 9.10. The lowest BCUT2D eigenvalue weighted by atomic mass is 10.3. The summed E-state index contributed by atoms with van der Waals surface area (Å²) in [4.78, 5) is 0.231. The molecule has 1 saturated heterocycles. The molecule has 0 aromatic carbocycles. The van der Waals surface area contributed by atoms with E-state index in [1.54, 1.807) is 24.9 Å². The predicted octanol–water partition coefficient (Wildman–Crippen LogP) is 2.42. The largest absolute Gasteiger partial charge is 0.452 e. The van der Waals surface area contributed by atoms with Crippen molar-refractivity contribution in [1.29, 1.82) is 0 Å². The third-order valence-corrected chi connectivity index (χ3v) is 7.84. The smallest absolute Gasteiger partial charge is 0.247 e. The fraction of sp³-hybridized carbons (Fsp3) is 0.692. The summed E-state index contributed by atoms with van der Waals surface area (Å²) in [6.45, 7) is 0.571. The van der Waals surface area contributed by atoms with Crippen LogP contribution in [0.4, 0.5) is 0 Å². The second kappa shape index (κ2) is 6.23. The highest BCUT2D eigenvalue weighted by Gasteiger charge is 2.33. The molecule has 0 bridgehead atoms. The van der Waals surface area contributed by atoms with Crippen LogP contribution in [0.15, 0.2) is 20.0 Å². The van der Waals surface area contributed by atoms with E-state index in [2.05, 4.69) is 21.2 Å². The quantitative estimate of drug-likeness (QED) is 0.802. The second-order valence-electron chi connectivity index (χ2n) is 5.54. The van der Waals surface area contributed by atoms with Gasteiger partial charge in [0.1, 0.15) is 10.7 Å². The van der Waals surface area contributed by atoms with Crippen molar-refractivity contribution in [2.75, 3.05) is 18.6 Å². The maximum absolute atomic E-state index is 12.7. The van der Waals surface area contributed by atoms with Crippen LogP contribution in [-0.4, -0.2) is 43.4 Å². The van der Waals surface area contributed by atoms with Gasteiger partial charge in [0.15, 0.2) is 4.67 Å². The van der Waals surface area contributed by atoms with E-state index in [4.69, 9.17) is 4.42 Å². The van der Waals surface area contributed by atoms with Gasteiger partial charge in [-0.2, -0.15) is 16.1 Å². The number of rotatable bonds is 6. The Bertz CT molecular complexity index is 607. The van der Waals surface area contributed by atoms with Gasteiger partial charge in [0.05, 0.1) is 6.54 Å². The molecule has 3 rings (SSSR count). The maximum Gasteiger partial charge on any atom is 0.247 e. The standard InChI is InChI=1S/C13H19BrN2O3S2/c1-16(10-4-5-20-8-10)21(17,18)12-6-11(19-13(12)14)7-15-9-2-3-9/h6,9-10,15H,2-5,7-8H2,1H3. The number of halogens is 1. The van der Waals surface area contributed by atoms with E-state index < -0.39 is 10.0 Å². The molecule has 1 unspecified atom stereocenters. The van der Waals surface area contributed by atoms with Crippen LogP contribution in [0.5, 0.6) is 0 Å². The third-order valence-electron chi connectivity index (χ3n) is 3.93. The van der Waals surface area contributed by atoms with Gasteiger partial charge in [-0.3, -0.25) is 0 Å². The third kappa shape index (κ3) is 3.50. The summed E-state index contributed by atoms with van der Waals surface area (Å²) >= 11 is 5.05. The molecule has 8 heteroatoms. The van der Waals surface area contributed by atoms with Gasteiger partial charge in [0.25, 0.3) is 0 Å². The number of thioether (sulfide) groups is 1. The summed E-state index contributed by atoms with van der Waals surface area (Å²) in [5.41, 5.74) is 0. The minimum atomic E-state index is -3.50. The van der Waals surface area contributed by atoms with Crippen LogP contribution in [0.3, 0.4) is 0 Å². The molecule has 118 valence electrons. The minimum absolute atomic E-state index is 0.0786. The number of nitrogens with one attached hydrogen (secondary N) is 1. The lowest BCUT2D eigenvalue weighted by Crippen LogP contribution is -2.36. The lowest BCUT2D eigenvalue weighted by molar-refractivity contribution is 0.392. The summed E-state index contributed by atoms with van der Waals surface area (Å²) in [5, 5.41) is 3.32. The molecule has 0 radical (unpaired) electrons. The molecule has 0 amide bonds. The van der Waals surface area contributed by atoms with Crippen LogP contribution in [-0.2, 0) is 16.6 Å². The molecule has 1 atom stereocenters. The van der Waals surface area contributed by atoms with Crippen LogP contribution in [0.1, 0.15) is 25.0 Å². The van der Waals surface area contributed by atoms with Crippen LogP contribution in [0.25, 0.3) is 0 Å².